The van der Waals surface area contributed by atoms with Gasteiger partial charge >= 0.3 is 16.4 Å². The van der Waals surface area contributed by atoms with Crippen molar-refractivity contribution in [3.63, 3.8) is 0 Å². The van der Waals surface area contributed by atoms with Crippen molar-refractivity contribution >= 4 is 16.4 Å². The third kappa shape index (κ3) is 40.1. The molecule has 70 heavy (non-hydrogen) atoms. The highest BCUT2D eigenvalue weighted by Gasteiger charge is 2.48. The SMILES string of the molecule is CC/C=C\C/C=C\C/C=C\C/C=C\CCCCCCCCCCCCCOCC(COC1OC(CO)C(O)C(OS(=O)(=O)O)C1O)OC(=O)CCCCCCCCCCC/C=C\C/C=C\CCCCC. The van der Waals surface area contributed by atoms with Crippen molar-refractivity contribution in [1.82, 2.24) is 0 Å². The summed E-state index contributed by atoms with van der Waals surface area (Å²) in [5, 5.41) is 30.8. The van der Waals surface area contributed by atoms with E-state index in [9.17, 15) is 33.1 Å². The van der Waals surface area contributed by atoms with Gasteiger partial charge in [0, 0.05) is 13.0 Å². The molecular formula is C57H100O12S. The molecule has 12 nitrogen and oxygen atoms in total. The van der Waals surface area contributed by atoms with E-state index < -0.39 is 59.8 Å². The van der Waals surface area contributed by atoms with Crippen LogP contribution < -0.4 is 0 Å². The van der Waals surface area contributed by atoms with E-state index in [0.29, 0.717) is 13.0 Å². The molecule has 0 amide bonds. The smallest absolute Gasteiger partial charge is 0.397 e. The number of aliphatic hydroxyl groups excluding tert-OH is 3. The van der Waals surface area contributed by atoms with Crippen LogP contribution in [0.25, 0.3) is 0 Å². The number of carbonyl (C=O) groups excluding carboxylic acids is 1. The number of rotatable bonds is 48. The van der Waals surface area contributed by atoms with E-state index in [1.165, 1.54) is 109 Å². The molecule has 0 aromatic heterocycles. The predicted molar refractivity (Wildman–Crippen MR) is 285 cm³/mol. The summed E-state index contributed by atoms with van der Waals surface area (Å²) >= 11 is 0. The van der Waals surface area contributed by atoms with Crippen LogP contribution in [0.15, 0.2) is 72.9 Å². The van der Waals surface area contributed by atoms with Crippen LogP contribution in [0.3, 0.4) is 0 Å². The van der Waals surface area contributed by atoms with Crippen molar-refractivity contribution in [2.45, 2.75) is 256 Å². The van der Waals surface area contributed by atoms with E-state index in [2.05, 4.69) is 90.9 Å². The molecule has 406 valence electrons. The van der Waals surface area contributed by atoms with Crippen molar-refractivity contribution in [3.8, 4) is 0 Å². The first-order chi connectivity index (χ1) is 34.1. The molecule has 13 heteroatoms. The molecule has 6 unspecified atom stereocenters. The molecule has 0 aromatic carbocycles. The largest absolute Gasteiger partial charge is 0.457 e. The molecule has 0 radical (unpaired) electrons. The number of aliphatic hydroxyl groups is 3. The van der Waals surface area contributed by atoms with Crippen LogP contribution in [0.2, 0.25) is 0 Å². The Balaban J connectivity index is 2.32. The highest BCUT2D eigenvalue weighted by molar-refractivity contribution is 7.80. The third-order valence-corrected chi connectivity index (χ3v) is 12.8. The van der Waals surface area contributed by atoms with Gasteiger partial charge in [0.05, 0.1) is 19.8 Å². The zero-order valence-corrected chi connectivity index (χ0v) is 44.6. The molecule has 1 heterocycles. The van der Waals surface area contributed by atoms with Gasteiger partial charge in [0.15, 0.2) is 6.29 Å². The fourth-order valence-electron chi connectivity index (χ4n) is 8.17. The van der Waals surface area contributed by atoms with E-state index in [4.69, 9.17) is 18.9 Å². The first-order valence-corrected chi connectivity index (χ1v) is 29.1. The van der Waals surface area contributed by atoms with Gasteiger partial charge in [-0.1, -0.05) is 202 Å². The predicted octanol–water partition coefficient (Wildman–Crippen LogP) is 13.4. The number of carbonyl (C=O) groups is 1. The van der Waals surface area contributed by atoms with Crippen LogP contribution >= 0.6 is 0 Å². The molecule has 6 atom stereocenters. The topological polar surface area (TPSA) is 178 Å². The van der Waals surface area contributed by atoms with Gasteiger partial charge in [-0.3, -0.25) is 9.35 Å². The molecule has 0 aliphatic carbocycles. The molecule has 1 rings (SSSR count). The first-order valence-electron chi connectivity index (χ1n) is 27.7. The average Bonchev–Trinajstić information content (AvgIpc) is 3.34. The normalized spacial score (nSPS) is 19.7. The lowest BCUT2D eigenvalue weighted by atomic mass is 9.99. The number of allylic oxidation sites excluding steroid dienone is 12. The lowest BCUT2D eigenvalue weighted by Gasteiger charge is -2.41. The van der Waals surface area contributed by atoms with Crippen molar-refractivity contribution in [2.75, 3.05) is 26.4 Å². The first kappa shape index (κ1) is 65.6. The molecular weight excluding hydrogens is 909 g/mol. The number of hydrogen-bond acceptors (Lipinski definition) is 11. The standard InChI is InChI=1S/C57H100O12S/c1-3-5-7-9-11-13-15-17-19-21-23-24-25-26-27-29-31-33-35-37-39-41-43-45-47-65-49-51(50-66-57-55(61)56(69-70(62,63)64)54(60)52(48-58)68-57)67-53(59)46-44-42-40-38-36-34-32-30-28-22-20-18-16-14-12-10-8-6-4-2/h5,7,11-14,17-20,23-24,51-52,54-58,60-61H,3-4,6,8-10,15-16,21-22,25-50H2,1-2H3,(H,62,63,64)/b7-5-,13-11-,14-12-,19-17-,20-18-,24-23-. The van der Waals surface area contributed by atoms with E-state index in [-0.39, 0.29) is 19.6 Å². The van der Waals surface area contributed by atoms with Crippen molar-refractivity contribution in [2.24, 2.45) is 0 Å². The Labute approximate surface area is 426 Å². The number of ether oxygens (including phenoxy) is 4. The Morgan fingerprint density at radius 2 is 0.986 bits per heavy atom. The van der Waals surface area contributed by atoms with Crippen LogP contribution in [0, 0.1) is 0 Å². The van der Waals surface area contributed by atoms with Gasteiger partial charge in [-0.2, -0.15) is 8.42 Å². The van der Waals surface area contributed by atoms with E-state index in [1.54, 1.807) is 0 Å². The minimum Gasteiger partial charge on any atom is -0.457 e. The van der Waals surface area contributed by atoms with Crippen LogP contribution in [0.1, 0.15) is 219 Å². The van der Waals surface area contributed by atoms with Crippen molar-refractivity contribution in [1.29, 1.82) is 0 Å². The Morgan fingerprint density at radius 1 is 0.557 bits per heavy atom. The van der Waals surface area contributed by atoms with Crippen molar-refractivity contribution in [3.05, 3.63) is 72.9 Å². The average molecular weight is 1010 g/mol. The maximum absolute atomic E-state index is 12.9. The number of unbranched alkanes of at least 4 members (excludes halogenated alkanes) is 23. The Morgan fingerprint density at radius 3 is 1.44 bits per heavy atom. The Bertz CT molecular complexity index is 1490. The van der Waals surface area contributed by atoms with Gasteiger partial charge in [0.2, 0.25) is 0 Å². The van der Waals surface area contributed by atoms with E-state index >= 15 is 0 Å². The maximum atomic E-state index is 12.9. The zero-order chi connectivity index (χ0) is 51.0. The second kappa shape index (κ2) is 47.5. The summed E-state index contributed by atoms with van der Waals surface area (Å²) in [7, 11) is -5.07. The second-order valence-electron chi connectivity index (χ2n) is 18.8. The molecule has 0 aromatic rings. The highest BCUT2D eigenvalue weighted by atomic mass is 32.3. The third-order valence-electron chi connectivity index (χ3n) is 12.3. The monoisotopic (exact) mass is 1010 g/mol. The summed E-state index contributed by atoms with van der Waals surface area (Å²) in [6, 6.07) is 0. The van der Waals surface area contributed by atoms with E-state index in [0.717, 1.165) is 83.5 Å². The van der Waals surface area contributed by atoms with Crippen LogP contribution in [0.5, 0.6) is 0 Å². The summed E-state index contributed by atoms with van der Waals surface area (Å²) in [5.74, 6) is -0.405. The van der Waals surface area contributed by atoms with Gasteiger partial charge in [0.1, 0.15) is 30.5 Å². The van der Waals surface area contributed by atoms with Gasteiger partial charge in [-0.15, -0.1) is 0 Å². The quantitative estimate of drug-likeness (QED) is 0.0197. The number of hydrogen-bond donors (Lipinski definition) is 4. The molecule has 1 aliphatic rings. The molecule has 1 aliphatic heterocycles. The number of esters is 1. The summed E-state index contributed by atoms with van der Waals surface area (Å²) in [4.78, 5) is 12.9. The van der Waals surface area contributed by atoms with E-state index in [1.807, 2.05) is 0 Å². The highest BCUT2D eigenvalue weighted by Crippen LogP contribution is 2.26. The summed E-state index contributed by atoms with van der Waals surface area (Å²) in [5.41, 5.74) is 0. The van der Waals surface area contributed by atoms with Crippen LogP contribution in [-0.4, -0.2) is 97.5 Å². The molecule has 1 fully saturated rings. The maximum Gasteiger partial charge on any atom is 0.397 e. The second-order valence-corrected chi connectivity index (χ2v) is 19.8. The van der Waals surface area contributed by atoms with Crippen LogP contribution in [-0.2, 0) is 38.3 Å². The lowest BCUT2D eigenvalue weighted by Crippen LogP contribution is -2.60. The summed E-state index contributed by atoms with van der Waals surface area (Å²) in [6.07, 6.45) is 53.6. The minimum absolute atomic E-state index is 0.0296. The molecule has 0 saturated carbocycles. The fraction of sp³-hybridized carbons (Fsp3) is 0.772. The summed E-state index contributed by atoms with van der Waals surface area (Å²) in [6.45, 7) is 3.86. The molecule has 0 bridgehead atoms. The minimum atomic E-state index is -5.07. The van der Waals surface area contributed by atoms with Gasteiger partial charge in [0.25, 0.3) is 0 Å². The Kier molecular flexibility index (Phi) is 44.5. The molecule has 0 spiro atoms. The zero-order valence-electron chi connectivity index (χ0n) is 43.8. The van der Waals surface area contributed by atoms with Gasteiger partial charge in [-0.05, 0) is 83.5 Å². The summed E-state index contributed by atoms with van der Waals surface area (Å²) < 4.78 is 59.4. The lowest BCUT2D eigenvalue weighted by molar-refractivity contribution is -0.301. The van der Waals surface area contributed by atoms with Gasteiger partial charge < -0.3 is 34.3 Å². The Hall–Kier alpha value is -2.46. The van der Waals surface area contributed by atoms with Gasteiger partial charge in [-0.25, -0.2) is 4.18 Å². The molecule has 1 saturated heterocycles. The van der Waals surface area contributed by atoms with Crippen molar-refractivity contribution < 1.29 is 56.2 Å². The molecule has 4 N–H and O–H groups in total. The fourth-order valence-corrected chi connectivity index (χ4v) is 8.67. The van der Waals surface area contributed by atoms with Crippen LogP contribution in [0.4, 0.5) is 0 Å².